The first-order valence-corrected chi connectivity index (χ1v) is 11.0. The first-order valence-electron chi connectivity index (χ1n) is 9.50. The minimum atomic E-state index is -3.88. The standard InChI is InChI=1S/C18H22N6O5S/c1-23-13-10-12(6-7-14(13)29-18(23)25)30(26,27)19-11-15-20-16(22-17(21-15)28-2)24-8-4-3-5-9-24/h6-7,10,19H,3-5,8-9,11H2,1-2H3. The maximum atomic E-state index is 12.8. The van der Waals surface area contributed by atoms with Gasteiger partial charge in [-0.05, 0) is 37.5 Å². The normalized spacial score (nSPS) is 14.9. The second kappa shape index (κ2) is 8.03. The van der Waals surface area contributed by atoms with Crippen LogP contribution in [0.2, 0.25) is 0 Å². The summed E-state index contributed by atoms with van der Waals surface area (Å²) >= 11 is 0. The molecule has 0 amide bonds. The Labute approximate surface area is 172 Å². The van der Waals surface area contributed by atoms with Crippen molar-refractivity contribution in [3.63, 3.8) is 0 Å². The molecular weight excluding hydrogens is 412 g/mol. The monoisotopic (exact) mass is 434 g/mol. The van der Waals surface area contributed by atoms with E-state index in [0.717, 1.165) is 32.4 Å². The molecule has 4 rings (SSSR count). The Morgan fingerprint density at radius 1 is 1.17 bits per heavy atom. The van der Waals surface area contributed by atoms with Crippen molar-refractivity contribution in [2.24, 2.45) is 7.05 Å². The van der Waals surface area contributed by atoms with Crippen LogP contribution in [0.15, 0.2) is 32.3 Å². The predicted molar refractivity (Wildman–Crippen MR) is 108 cm³/mol. The van der Waals surface area contributed by atoms with E-state index in [1.807, 2.05) is 4.90 Å². The Morgan fingerprint density at radius 2 is 1.93 bits per heavy atom. The van der Waals surface area contributed by atoms with Gasteiger partial charge in [0.25, 0.3) is 0 Å². The lowest BCUT2D eigenvalue weighted by atomic mass is 10.1. The van der Waals surface area contributed by atoms with E-state index in [2.05, 4.69) is 19.7 Å². The number of hydrogen-bond donors (Lipinski definition) is 1. The molecule has 1 aliphatic rings. The number of aryl methyl sites for hydroxylation is 1. The van der Waals surface area contributed by atoms with Crippen LogP contribution >= 0.6 is 0 Å². The van der Waals surface area contributed by atoms with Gasteiger partial charge in [0.15, 0.2) is 11.4 Å². The lowest BCUT2D eigenvalue weighted by Gasteiger charge is -2.26. The summed E-state index contributed by atoms with van der Waals surface area (Å²) in [4.78, 5) is 26.5. The Hall–Kier alpha value is -2.99. The molecule has 3 heterocycles. The molecule has 0 bridgehead atoms. The van der Waals surface area contributed by atoms with Crippen molar-refractivity contribution in [3.05, 3.63) is 34.6 Å². The van der Waals surface area contributed by atoms with Crippen molar-refractivity contribution in [2.75, 3.05) is 25.1 Å². The van der Waals surface area contributed by atoms with Crippen LogP contribution in [0.3, 0.4) is 0 Å². The molecule has 1 N–H and O–H groups in total. The minimum absolute atomic E-state index is 0.00340. The molecular formula is C18H22N6O5S. The van der Waals surface area contributed by atoms with Crippen molar-refractivity contribution < 1.29 is 17.6 Å². The molecule has 2 aromatic heterocycles. The maximum Gasteiger partial charge on any atom is 0.419 e. The maximum absolute atomic E-state index is 12.8. The van der Waals surface area contributed by atoms with Crippen molar-refractivity contribution in [2.45, 2.75) is 30.7 Å². The molecule has 1 fully saturated rings. The van der Waals surface area contributed by atoms with Gasteiger partial charge in [-0.2, -0.15) is 15.0 Å². The third-order valence-corrected chi connectivity index (χ3v) is 6.36. The van der Waals surface area contributed by atoms with E-state index in [9.17, 15) is 13.2 Å². The third-order valence-electron chi connectivity index (χ3n) is 4.96. The third kappa shape index (κ3) is 4.00. The zero-order chi connectivity index (χ0) is 21.3. The van der Waals surface area contributed by atoms with Crippen LogP contribution < -0.4 is 20.1 Å². The molecule has 3 aromatic rings. The van der Waals surface area contributed by atoms with Gasteiger partial charge >= 0.3 is 11.8 Å². The van der Waals surface area contributed by atoms with E-state index in [4.69, 9.17) is 9.15 Å². The number of sulfonamides is 1. The highest BCUT2D eigenvalue weighted by molar-refractivity contribution is 7.89. The number of nitrogens with zero attached hydrogens (tertiary/aromatic N) is 5. The molecule has 0 spiro atoms. The van der Waals surface area contributed by atoms with Gasteiger partial charge in [0.05, 0.1) is 24.1 Å². The highest BCUT2D eigenvalue weighted by Gasteiger charge is 2.20. The second-order valence-corrected chi connectivity index (χ2v) is 8.73. The van der Waals surface area contributed by atoms with E-state index in [0.29, 0.717) is 17.0 Å². The Balaban J connectivity index is 1.57. The van der Waals surface area contributed by atoms with E-state index in [1.54, 1.807) is 0 Å². The fourth-order valence-electron chi connectivity index (χ4n) is 3.31. The number of rotatable bonds is 6. The number of nitrogens with one attached hydrogen (secondary N) is 1. The highest BCUT2D eigenvalue weighted by Crippen LogP contribution is 2.20. The molecule has 0 saturated carbocycles. The number of methoxy groups -OCH3 is 1. The van der Waals surface area contributed by atoms with Gasteiger partial charge in [0.2, 0.25) is 16.0 Å². The number of anilines is 1. The molecule has 0 unspecified atom stereocenters. The smallest absolute Gasteiger partial charge is 0.419 e. The lowest BCUT2D eigenvalue weighted by molar-refractivity contribution is 0.374. The number of ether oxygens (including phenoxy) is 1. The number of aromatic nitrogens is 4. The number of piperidine rings is 1. The van der Waals surface area contributed by atoms with Crippen LogP contribution in [0.25, 0.3) is 11.1 Å². The summed E-state index contributed by atoms with van der Waals surface area (Å²) in [5.41, 5.74) is 0.701. The first kappa shape index (κ1) is 20.3. The highest BCUT2D eigenvalue weighted by atomic mass is 32.2. The Kier molecular flexibility index (Phi) is 5.43. The number of benzene rings is 1. The molecule has 0 radical (unpaired) electrons. The van der Waals surface area contributed by atoms with E-state index < -0.39 is 15.8 Å². The molecule has 11 nitrogen and oxygen atoms in total. The lowest BCUT2D eigenvalue weighted by Crippen LogP contribution is -2.32. The molecule has 0 aliphatic carbocycles. The Morgan fingerprint density at radius 3 is 2.67 bits per heavy atom. The minimum Gasteiger partial charge on any atom is -0.467 e. The molecule has 1 aromatic carbocycles. The Bertz CT molecular complexity index is 1230. The summed E-state index contributed by atoms with van der Waals surface area (Å²) in [6, 6.07) is 4.34. The SMILES string of the molecule is COc1nc(CNS(=O)(=O)c2ccc3oc(=O)n(C)c3c2)nc(N2CCCCC2)n1. The van der Waals surface area contributed by atoms with Crippen molar-refractivity contribution in [1.82, 2.24) is 24.2 Å². The van der Waals surface area contributed by atoms with Gasteiger partial charge in [-0.15, -0.1) is 0 Å². The van der Waals surface area contributed by atoms with Crippen LogP contribution in [-0.2, 0) is 23.6 Å². The van der Waals surface area contributed by atoms with Gasteiger partial charge < -0.3 is 14.1 Å². The summed E-state index contributed by atoms with van der Waals surface area (Å²) in [6.45, 7) is 1.54. The van der Waals surface area contributed by atoms with Gasteiger partial charge in [0, 0.05) is 20.1 Å². The van der Waals surface area contributed by atoms with Crippen LogP contribution in [0.4, 0.5) is 5.95 Å². The quantitative estimate of drug-likeness (QED) is 0.598. The summed E-state index contributed by atoms with van der Waals surface area (Å²) in [5.74, 6) is 0.170. The summed E-state index contributed by atoms with van der Waals surface area (Å²) in [7, 11) is -0.913. The molecule has 0 atom stereocenters. The summed E-state index contributed by atoms with van der Waals surface area (Å²) in [6.07, 6.45) is 3.27. The molecule has 1 saturated heterocycles. The molecule has 160 valence electrons. The van der Waals surface area contributed by atoms with Gasteiger partial charge in [-0.3, -0.25) is 4.57 Å². The summed E-state index contributed by atoms with van der Waals surface area (Å²) < 4.78 is 39.5. The fourth-order valence-corrected chi connectivity index (χ4v) is 4.31. The van der Waals surface area contributed by atoms with Crippen LogP contribution in [0.5, 0.6) is 6.01 Å². The van der Waals surface area contributed by atoms with E-state index in [-0.39, 0.29) is 23.3 Å². The van der Waals surface area contributed by atoms with Crippen molar-refractivity contribution >= 4 is 27.1 Å². The average Bonchev–Trinajstić information content (AvgIpc) is 3.06. The molecule has 1 aliphatic heterocycles. The number of oxazole rings is 1. The number of fused-ring (bicyclic) bond motifs is 1. The van der Waals surface area contributed by atoms with Crippen LogP contribution in [0, 0.1) is 0 Å². The topological polar surface area (TPSA) is 132 Å². The van der Waals surface area contributed by atoms with Crippen LogP contribution in [0.1, 0.15) is 25.1 Å². The van der Waals surface area contributed by atoms with Gasteiger partial charge in [0.1, 0.15) is 0 Å². The average molecular weight is 434 g/mol. The van der Waals surface area contributed by atoms with Crippen molar-refractivity contribution in [1.29, 1.82) is 0 Å². The van der Waals surface area contributed by atoms with Crippen LogP contribution in [-0.4, -0.2) is 48.1 Å². The number of hydrogen-bond acceptors (Lipinski definition) is 9. The van der Waals surface area contributed by atoms with Gasteiger partial charge in [-0.25, -0.2) is 17.9 Å². The van der Waals surface area contributed by atoms with E-state index >= 15 is 0 Å². The fraction of sp³-hybridized carbons (Fsp3) is 0.444. The summed E-state index contributed by atoms with van der Waals surface area (Å²) in [5, 5.41) is 0. The first-order chi connectivity index (χ1) is 14.4. The zero-order valence-electron chi connectivity index (χ0n) is 16.7. The largest absolute Gasteiger partial charge is 0.467 e. The van der Waals surface area contributed by atoms with Crippen molar-refractivity contribution in [3.8, 4) is 6.01 Å². The zero-order valence-corrected chi connectivity index (χ0v) is 17.5. The molecule has 12 heteroatoms. The predicted octanol–water partition coefficient (Wildman–Crippen LogP) is 0.794. The van der Waals surface area contributed by atoms with E-state index in [1.165, 1.54) is 36.9 Å². The second-order valence-electron chi connectivity index (χ2n) is 6.97. The molecule has 30 heavy (non-hydrogen) atoms. The van der Waals surface area contributed by atoms with Gasteiger partial charge in [-0.1, -0.05) is 0 Å².